The summed E-state index contributed by atoms with van der Waals surface area (Å²) in [6, 6.07) is 137. The van der Waals surface area contributed by atoms with Crippen LogP contribution < -0.4 is 77.6 Å². The van der Waals surface area contributed by atoms with Crippen molar-refractivity contribution in [3.8, 4) is 169 Å². The van der Waals surface area contributed by atoms with E-state index in [-0.39, 0.29) is 20.1 Å². The van der Waals surface area contributed by atoms with Gasteiger partial charge in [0.15, 0.2) is 0 Å². The van der Waals surface area contributed by atoms with Gasteiger partial charge >= 0.3 is 0 Å². The van der Waals surface area contributed by atoms with Gasteiger partial charge in [-0.3, -0.25) is 0 Å². The number of para-hydroxylation sites is 3. The average molecular weight is 1570 g/mol. The first-order valence-corrected chi connectivity index (χ1v) is 42.0. The predicted octanol–water partition coefficient (Wildman–Crippen LogP) is 23.8. The Morgan fingerprint density at radius 2 is 0.402 bits per heavy atom. The van der Waals surface area contributed by atoms with E-state index in [2.05, 4.69) is 417 Å². The Bertz CT molecular complexity index is 7220. The number of benzene rings is 18. The van der Waals surface area contributed by atoms with Crippen molar-refractivity contribution < 1.29 is 28.4 Å². The molecule has 24 rings (SSSR count). The van der Waals surface area contributed by atoms with Crippen LogP contribution in [0.4, 0.5) is 0 Å². The number of hydrogen-bond acceptors (Lipinski definition) is 6. The molecule has 0 fully saturated rings. The van der Waals surface area contributed by atoms with Gasteiger partial charge in [0.2, 0.25) is 0 Å². The largest absolute Gasteiger partial charge is 0.458 e. The van der Waals surface area contributed by atoms with Crippen molar-refractivity contribution in [2.24, 2.45) is 0 Å². The predicted molar refractivity (Wildman–Crippen MR) is 505 cm³/mol. The fourth-order valence-electron chi connectivity index (χ4n) is 19.2. The molecule has 0 N–H and O–H groups in total. The number of rotatable bonds is 9. The molecule has 0 spiro atoms. The van der Waals surface area contributed by atoms with E-state index in [0.717, 1.165) is 157 Å². The highest BCUT2D eigenvalue weighted by Gasteiger charge is 2.46. The summed E-state index contributed by atoms with van der Waals surface area (Å²) in [5.74, 6) is 10.6. The van der Waals surface area contributed by atoms with E-state index in [9.17, 15) is 0 Å². The number of fused-ring (bicyclic) bond motifs is 12. The Balaban J connectivity index is 0.000000109. The molecule has 122 heavy (non-hydrogen) atoms. The molecule has 0 saturated heterocycles. The lowest BCUT2D eigenvalue weighted by molar-refractivity contribution is 0.465. The van der Waals surface area contributed by atoms with Gasteiger partial charge in [-0.1, -0.05) is 334 Å². The molecular weight excluding hydrogens is 1490 g/mol. The Morgan fingerprint density at radius 1 is 0.148 bits per heavy atom. The third-order valence-corrected chi connectivity index (χ3v) is 25.1. The molecule has 0 saturated carbocycles. The molecule has 0 aromatic heterocycles. The van der Waals surface area contributed by atoms with Crippen molar-refractivity contribution in [3.05, 3.63) is 416 Å². The summed E-state index contributed by atoms with van der Waals surface area (Å²) in [4.78, 5) is 0. The first-order valence-electron chi connectivity index (χ1n) is 42.0. The molecule has 18 aromatic rings. The summed E-state index contributed by atoms with van der Waals surface area (Å²) in [5.41, 5.74) is 37.2. The topological polar surface area (TPSA) is 55.4 Å². The van der Waals surface area contributed by atoms with Crippen LogP contribution in [0.5, 0.6) is 69.0 Å². The summed E-state index contributed by atoms with van der Waals surface area (Å²) in [7, 11) is 0. The Labute approximate surface area is 712 Å². The van der Waals surface area contributed by atoms with Crippen LogP contribution in [-0.4, -0.2) is 20.1 Å². The van der Waals surface area contributed by atoms with Crippen molar-refractivity contribution in [2.75, 3.05) is 0 Å². The third kappa shape index (κ3) is 12.9. The van der Waals surface area contributed by atoms with E-state index in [1.165, 1.54) is 88.8 Å². The second kappa shape index (κ2) is 30.4. The van der Waals surface area contributed by atoms with Gasteiger partial charge < -0.3 is 28.4 Å². The maximum absolute atomic E-state index is 6.90. The SMILES string of the molecule is Cc1ccccc1-c1cc2c3c(c1)Oc1c(cccc1-c1ccccc1)B3c1cc(-c3ccccc3)ccc1O2.Cc1ccccc1-c1cc2c3c(c1)Oc1c(cccc1-c1ccccc1)B3c1cc(-c3ccccc3C)ccc1O2.Cc1ccccc1-c1ccc2c(c1)B1c3cccc(-c4ccccc4C)c3Oc3cc(-c4ccccc4)cc(c31)O2. The molecule has 9 heteroatoms. The lowest BCUT2D eigenvalue weighted by Gasteiger charge is -2.34. The van der Waals surface area contributed by atoms with Gasteiger partial charge in [0, 0.05) is 33.1 Å². The summed E-state index contributed by atoms with van der Waals surface area (Å²) >= 11 is 0. The highest BCUT2D eigenvalue weighted by atomic mass is 16.5. The van der Waals surface area contributed by atoms with Gasteiger partial charge in [0.1, 0.15) is 69.0 Å². The molecule has 6 aliphatic rings. The molecule has 18 aromatic carbocycles. The van der Waals surface area contributed by atoms with Gasteiger partial charge in [-0.2, -0.15) is 0 Å². The summed E-state index contributed by atoms with van der Waals surface area (Å²) in [6.45, 7) is 10.8. The monoisotopic (exact) mass is 1560 g/mol. The smallest absolute Gasteiger partial charge is 0.260 e. The van der Waals surface area contributed by atoms with E-state index in [1.54, 1.807) is 0 Å². The van der Waals surface area contributed by atoms with Crippen LogP contribution in [0.15, 0.2) is 388 Å². The van der Waals surface area contributed by atoms with Crippen LogP contribution in [0.1, 0.15) is 27.8 Å². The van der Waals surface area contributed by atoms with Gasteiger partial charge in [0.25, 0.3) is 20.1 Å². The lowest BCUT2D eigenvalue weighted by atomic mass is 9.34. The van der Waals surface area contributed by atoms with Crippen LogP contribution >= 0.6 is 0 Å². The normalized spacial score (nSPS) is 12.5. The van der Waals surface area contributed by atoms with Crippen molar-refractivity contribution >= 4 is 69.3 Å². The number of hydrogen-bond donors (Lipinski definition) is 0. The third-order valence-electron chi connectivity index (χ3n) is 25.1. The van der Waals surface area contributed by atoms with E-state index in [1.807, 2.05) is 6.07 Å². The standard InChI is InChI=1S/2C38H27BO2.C37H25BO2/c1-24-11-6-8-15-29(24)27-19-20-34-33(21-27)39-32-18-10-17-31(26-13-4-3-5-14-26)38(32)41-36-23-28(22-35(40-34)37(36)39)30-16-9-7-12-25(30)2;1-24-11-6-8-15-29(24)27-19-20-34-33(21-27)39-32-18-10-17-31(30-16-9-7-12-25(30)2)38(32)41-36-23-28(22-35(40-34)37(36)39)26-13-4-3-5-14-26;1-24-11-8-9-16-29(24)28-22-34-36-35(23-28)40-37-30(26-14-6-3-7-15-26)17-10-18-31(37)38(36)32-21-27(19-20-33(32)39-34)25-12-4-2-5-13-25/h2*3-23H,1-2H3;2-23H,1H3. The maximum atomic E-state index is 6.90. The molecular formula is C113H79B3O6. The van der Waals surface area contributed by atoms with Gasteiger partial charge in [-0.05, 0) is 233 Å². The van der Waals surface area contributed by atoms with Crippen LogP contribution in [0.25, 0.3) is 100 Å². The fourth-order valence-corrected chi connectivity index (χ4v) is 19.2. The second-order valence-corrected chi connectivity index (χ2v) is 32.5. The summed E-state index contributed by atoms with van der Waals surface area (Å²) < 4.78 is 40.7. The zero-order valence-electron chi connectivity index (χ0n) is 68.1. The zero-order chi connectivity index (χ0) is 81.6. The van der Waals surface area contributed by atoms with E-state index < -0.39 is 0 Å². The minimum absolute atomic E-state index is 0.00394. The molecule has 6 nitrogen and oxygen atoms in total. The highest BCUT2D eigenvalue weighted by molar-refractivity contribution is 7.00. The molecule has 0 atom stereocenters. The lowest BCUT2D eigenvalue weighted by Crippen LogP contribution is -2.57. The number of ether oxygens (including phenoxy) is 6. The van der Waals surface area contributed by atoms with Crippen LogP contribution in [-0.2, 0) is 0 Å². The quantitative estimate of drug-likeness (QED) is 0.134. The number of aryl methyl sites for hydroxylation is 5. The van der Waals surface area contributed by atoms with E-state index >= 15 is 0 Å². The van der Waals surface area contributed by atoms with Crippen molar-refractivity contribution in [1.29, 1.82) is 0 Å². The van der Waals surface area contributed by atoms with E-state index in [0.29, 0.717) is 0 Å². The summed E-state index contributed by atoms with van der Waals surface area (Å²) in [6.07, 6.45) is 0. The van der Waals surface area contributed by atoms with Crippen LogP contribution in [0.2, 0.25) is 0 Å². The molecule has 6 aliphatic heterocycles. The average Bonchev–Trinajstić information content (AvgIpc) is 0.723. The molecule has 6 heterocycles. The van der Waals surface area contributed by atoms with Crippen molar-refractivity contribution in [3.63, 3.8) is 0 Å². The van der Waals surface area contributed by atoms with Gasteiger partial charge in [-0.25, -0.2) is 0 Å². The molecule has 0 radical (unpaired) electrons. The minimum atomic E-state index is -0.00902. The van der Waals surface area contributed by atoms with Gasteiger partial charge in [-0.15, -0.1) is 0 Å². The highest BCUT2D eigenvalue weighted by Crippen LogP contribution is 2.48. The zero-order valence-corrected chi connectivity index (χ0v) is 68.1. The van der Waals surface area contributed by atoms with Gasteiger partial charge in [0.05, 0.1) is 0 Å². The first kappa shape index (κ1) is 73.3. The first-order chi connectivity index (χ1) is 60.0. The van der Waals surface area contributed by atoms with Crippen LogP contribution in [0.3, 0.4) is 0 Å². The fraction of sp³-hybridized carbons (Fsp3) is 0.0442. The Hall–Kier alpha value is -15.0. The molecule has 0 aliphatic carbocycles. The molecule has 0 amide bonds. The Kier molecular flexibility index (Phi) is 18.3. The summed E-state index contributed by atoms with van der Waals surface area (Å²) in [5, 5.41) is 0. The minimum Gasteiger partial charge on any atom is -0.458 e. The second-order valence-electron chi connectivity index (χ2n) is 32.5. The van der Waals surface area contributed by atoms with E-state index in [4.69, 9.17) is 28.4 Å². The molecule has 0 bridgehead atoms. The maximum Gasteiger partial charge on any atom is 0.260 e. The van der Waals surface area contributed by atoms with Crippen LogP contribution in [0, 0.1) is 34.6 Å². The molecule has 576 valence electrons. The Morgan fingerprint density at radius 3 is 0.754 bits per heavy atom. The molecule has 0 unspecified atom stereocenters. The van der Waals surface area contributed by atoms with Crippen molar-refractivity contribution in [1.82, 2.24) is 0 Å². The van der Waals surface area contributed by atoms with Crippen molar-refractivity contribution in [2.45, 2.75) is 34.6 Å².